The number of hydrogen-bond donors (Lipinski definition) is 1. The lowest BCUT2D eigenvalue weighted by molar-refractivity contribution is 0.366. The van der Waals surface area contributed by atoms with Crippen molar-refractivity contribution in [2.45, 2.75) is 26.8 Å². The van der Waals surface area contributed by atoms with Gasteiger partial charge in [-0.1, -0.05) is 13.8 Å². The molecule has 4 nitrogen and oxygen atoms in total. The summed E-state index contributed by atoms with van der Waals surface area (Å²) in [5.74, 6) is 0.987. The van der Waals surface area contributed by atoms with Crippen LogP contribution in [0, 0.1) is 0 Å². The standard InChI is InChI=1S/C11H22N4/c1-4-8-15-10-7-13-11(15)12-6-9-14(3)5-2/h7,10H,4-6,8-9H2,1-3H3,(H,12,13). The van der Waals surface area contributed by atoms with E-state index in [1.807, 2.05) is 12.4 Å². The van der Waals surface area contributed by atoms with Crippen LogP contribution < -0.4 is 5.32 Å². The summed E-state index contributed by atoms with van der Waals surface area (Å²) in [5, 5.41) is 3.35. The largest absolute Gasteiger partial charge is 0.354 e. The lowest BCUT2D eigenvalue weighted by atomic mass is 10.5. The average Bonchev–Trinajstić information content (AvgIpc) is 2.66. The van der Waals surface area contributed by atoms with Crippen molar-refractivity contribution >= 4 is 5.95 Å². The van der Waals surface area contributed by atoms with Crippen molar-refractivity contribution in [3.05, 3.63) is 12.4 Å². The molecule has 0 aliphatic carbocycles. The maximum atomic E-state index is 4.29. The Bertz CT molecular complexity index is 269. The van der Waals surface area contributed by atoms with E-state index in [1.165, 1.54) is 0 Å². The molecule has 1 N–H and O–H groups in total. The maximum absolute atomic E-state index is 4.29. The second kappa shape index (κ2) is 6.45. The number of hydrogen-bond acceptors (Lipinski definition) is 3. The predicted molar refractivity (Wildman–Crippen MR) is 64.2 cm³/mol. The molecule has 1 aromatic rings. The minimum atomic E-state index is 0.949. The van der Waals surface area contributed by atoms with Crippen LogP contribution in [-0.4, -0.2) is 41.1 Å². The quantitative estimate of drug-likeness (QED) is 0.743. The van der Waals surface area contributed by atoms with Crippen LogP contribution in [0.4, 0.5) is 5.95 Å². The van der Waals surface area contributed by atoms with Crippen LogP contribution in [0.3, 0.4) is 0 Å². The van der Waals surface area contributed by atoms with E-state index in [2.05, 4.69) is 40.7 Å². The molecule has 0 atom stereocenters. The first-order chi connectivity index (χ1) is 7.27. The van der Waals surface area contributed by atoms with Crippen molar-refractivity contribution in [3.8, 4) is 0 Å². The van der Waals surface area contributed by atoms with Crippen molar-refractivity contribution in [1.82, 2.24) is 14.5 Å². The molecule has 0 saturated carbocycles. The summed E-state index contributed by atoms with van der Waals surface area (Å²) in [7, 11) is 2.13. The highest BCUT2D eigenvalue weighted by molar-refractivity contribution is 5.25. The predicted octanol–water partition coefficient (Wildman–Crippen LogP) is 1.66. The van der Waals surface area contributed by atoms with Gasteiger partial charge in [0.2, 0.25) is 5.95 Å². The fraction of sp³-hybridized carbons (Fsp3) is 0.727. The number of nitrogens with one attached hydrogen (secondary N) is 1. The molecule has 0 saturated heterocycles. The van der Waals surface area contributed by atoms with Crippen molar-refractivity contribution in [3.63, 3.8) is 0 Å². The summed E-state index contributed by atoms with van der Waals surface area (Å²) in [5.41, 5.74) is 0. The van der Waals surface area contributed by atoms with Gasteiger partial charge in [0.25, 0.3) is 0 Å². The van der Waals surface area contributed by atoms with E-state index in [-0.39, 0.29) is 0 Å². The molecule has 1 aromatic heterocycles. The second-order valence-corrected chi connectivity index (χ2v) is 3.77. The van der Waals surface area contributed by atoms with E-state index in [9.17, 15) is 0 Å². The Hall–Kier alpha value is -1.03. The van der Waals surface area contributed by atoms with Gasteiger partial charge < -0.3 is 14.8 Å². The van der Waals surface area contributed by atoms with E-state index in [0.717, 1.165) is 38.5 Å². The Kier molecular flexibility index (Phi) is 5.18. The molecule has 4 heteroatoms. The molecular weight excluding hydrogens is 188 g/mol. The van der Waals surface area contributed by atoms with Crippen molar-refractivity contribution in [2.75, 3.05) is 32.0 Å². The topological polar surface area (TPSA) is 33.1 Å². The van der Waals surface area contributed by atoms with Gasteiger partial charge in [-0.05, 0) is 20.0 Å². The number of aromatic nitrogens is 2. The molecule has 86 valence electrons. The Morgan fingerprint density at radius 1 is 1.47 bits per heavy atom. The summed E-state index contributed by atoms with van der Waals surface area (Å²) >= 11 is 0. The molecule has 0 fully saturated rings. The third-order valence-corrected chi connectivity index (χ3v) is 2.50. The van der Waals surface area contributed by atoms with Crippen LogP contribution in [0.15, 0.2) is 12.4 Å². The fourth-order valence-corrected chi connectivity index (χ4v) is 1.41. The maximum Gasteiger partial charge on any atom is 0.202 e. The summed E-state index contributed by atoms with van der Waals surface area (Å²) in [6.45, 7) is 8.46. The number of nitrogens with zero attached hydrogens (tertiary/aromatic N) is 3. The van der Waals surface area contributed by atoms with E-state index in [1.54, 1.807) is 0 Å². The molecule has 15 heavy (non-hydrogen) atoms. The summed E-state index contributed by atoms with van der Waals surface area (Å²) in [6, 6.07) is 0. The first-order valence-corrected chi connectivity index (χ1v) is 5.71. The molecule has 0 aromatic carbocycles. The van der Waals surface area contributed by atoms with Crippen molar-refractivity contribution in [2.24, 2.45) is 0 Å². The van der Waals surface area contributed by atoms with E-state index >= 15 is 0 Å². The van der Waals surface area contributed by atoms with Gasteiger partial charge in [-0.3, -0.25) is 0 Å². The van der Waals surface area contributed by atoms with Crippen LogP contribution in [0.5, 0.6) is 0 Å². The Morgan fingerprint density at radius 3 is 2.93 bits per heavy atom. The molecule has 0 spiro atoms. The van der Waals surface area contributed by atoms with Crippen LogP contribution in [-0.2, 0) is 6.54 Å². The third-order valence-electron chi connectivity index (χ3n) is 2.50. The Labute approximate surface area is 92.3 Å². The first kappa shape index (κ1) is 12.0. The van der Waals surface area contributed by atoms with Crippen LogP contribution in [0.1, 0.15) is 20.3 Å². The van der Waals surface area contributed by atoms with Crippen LogP contribution in [0.25, 0.3) is 0 Å². The van der Waals surface area contributed by atoms with Gasteiger partial charge in [-0.2, -0.15) is 0 Å². The number of aryl methyl sites for hydroxylation is 1. The van der Waals surface area contributed by atoms with Gasteiger partial charge in [-0.15, -0.1) is 0 Å². The molecule has 1 heterocycles. The zero-order valence-electron chi connectivity index (χ0n) is 10.0. The lowest BCUT2D eigenvalue weighted by Gasteiger charge is -2.14. The van der Waals surface area contributed by atoms with Crippen LogP contribution >= 0.6 is 0 Å². The van der Waals surface area contributed by atoms with Gasteiger partial charge in [0, 0.05) is 32.0 Å². The van der Waals surface area contributed by atoms with Crippen LogP contribution in [0.2, 0.25) is 0 Å². The number of likely N-dealkylation sites (N-methyl/N-ethyl adjacent to an activating group) is 1. The van der Waals surface area contributed by atoms with E-state index < -0.39 is 0 Å². The van der Waals surface area contributed by atoms with E-state index in [0.29, 0.717) is 0 Å². The molecule has 0 radical (unpaired) electrons. The first-order valence-electron chi connectivity index (χ1n) is 5.71. The smallest absolute Gasteiger partial charge is 0.202 e. The minimum absolute atomic E-state index is 0.949. The molecule has 0 amide bonds. The summed E-state index contributed by atoms with van der Waals surface area (Å²) in [4.78, 5) is 6.57. The highest BCUT2D eigenvalue weighted by Crippen LogP contribution is 2.04. The molecule has 0 bridgehead atoms. The SMILES string of the molecule is CCCn1ccnc1NCCN(C)CC. The normalized spacial score (nSPS) is 10.9. The number of rotatable bonds is 7. The monoisotopic (exact) mass is 210 g/mol. The van der Waals surface area contributed by atoms with Gasteiger partial charge in [0.05, 0.1) is 0 Å². The fourth-order valence-electron chi connectivity index (χ4n) is 1.41. The summed E-state index contributed by atoms with van der Waals surface area (Å²) in [6.07, 6.45) is 5.01. The average molecular weight is 210 g/mol. The Balaban J connectivity index is 2.33. The molecule has 1 rings (SSSR count). The number of anilines is 1. The zero-order valence-corrected chi connectivity index (χ0v) is 10.0. The van der Waals surface area contributed by atoms with Gasteiger partial charge in [-0.25, -0.2) is 4.98 Å². The zero-order chi connectivity index (χ0) is 11.1. The minimum Gasteiger partial charge on any atom is -0.354 e. The van der Waals surface area contributed by atoms with E-state index in [4.69, 9.17) is 0 Å². The molecule has 0 unspecified atom stereocenters. The molecule has 0 aliphatic rings. The van der Waals surface area contributed by atoms with Crippen molar-refractivity contribution in [1.29, 1.82) is 0 Å². The Morgan fingerprint density at radius 2 is 2.27 bits per heavy atom. The molecule has 0 aliphatic heterocycles. The number of imidazole rings is 1. The van der Waals surface area contributed by atoms with Gasteiger partial charge >= 0.3 is 0 Å². The lowest BCUT2D eigenvalue weighted by Crippen LogP contribution is -2.25. The van der Waals surface area contributed by atoms with Crippen molar-refractivity contribution < 1.29 is 0 Å². The second-order valence-electron chi connectivity index (χ2n) is 3.77. The summed E-state index contributed by atoms with van der Waals surface area (Å²) < 4.78 is 2.16. The molecular formula is C11H22N4. The highest BCUT2D eigenvalue weighted by Gasteiger charge is 2.00. The van der Waals surface area contributed by atoms with Gasteiger partial charge in [0.15, 0.2) is 0 Å². The highest BCUT2D eigenvalue weighted by atomic mass is 15.2. The third kappa shape index (κ3) is 3.91. The van der Waals surface area contributed by atoms with Gasteiger partial charge in [0.1, 0.15) is 0 Å².